The quantitative estimate of drug-likeness (QED) is 0.937. The maximum Gasteiger partial charge on any atom is 0.229 e. The number of methoxy groups -OCH3 is 1. The number of ether oxygens (including phenoxy) is 1. The van der Waals surface area contributed by atoms with Crippen molar-refractivity contribution in [2.24, 2.45) is 0 Å². The van der Waals surface area contributed by atoms with E-state index in [1.165, 1.54) is 0 Å². The van der Waals surface area contributed by atoms with Crippen molar-refractivity contribution in [3.05, 3.63) is 47.6 Å². The number of rotatable bonds is 4. The molecule has 0 saturated heterocycles. The summed E-state index contributed by atoms with van der Waals surface area (Å²) in [6.07, 6.45) is 2.90. The van der Waals surface area contributed by atoms with Gasteiger partial charge in [-0.1, -0.05) is 35.5 Å². The van der Waals surface area contributed by atoms with Gasteiger partial charge in [-0.3, -0.25) is 0 Å². The standard InChI is InChI=1S/C16H20N2O3/c1-20-14(11-5-3-2-4-6-11)15-17-16(21-18-15)12-7-9-13(19)10-8-12/h2-6,12-14,19H,7-10H2,1H3. The highest BCUT2D eigenvalue weighted by Gasteiger charge is 2.27. The zero-order valence-corrected chi connectivity index (χ0v) is 12.1. The van der Waals surface area contributed by atoms with Crippen molar-refractivity contribution in [1.29, 1.82) is 0 Å². The number of hydrogen-bond donors (Lipinski definition) is 1. The summed E-state index contributed by atoms with van der Waals surface area (Å²) in [5.41, 5.74) is 1.01. The maximum absolute atomic E-state index is 9.57. The van der Waals surface area contributed by atoms with Gasteiger partial charge in [0, 0.05) is 13.0 Å². The fourth-order valence-corrected chi connectivity index (χ4v) is 2.86. The van der Waals surface area contributed by atoms with E-state index in [4.69, 9.17) is 9.26 Å². The molecule has 1 heterocycles. The summed E-state index contributed by atoms with van der Waals surface area (Å²) in [5, 5.41) is 13.7. The van der Waals surface area contributed by atoms with Crippen LogP contribution < -0.4 is 0 Å². The summed E-state index contributed by atoms with van der Waals surface area (Å²) in [7, 11) is 1.64. The zero-order valence-electron chi connectivity index (χ0n) is 12.1. The van der Waals surface area contributed by atoms with Gasteiger partial charge in [0.1, 0.15) is 6.10 Å². The van der Waals surface area contributed by atoms with Crippen LogP contribution in [0.1, 0.15) is 55.0 Å². The topological polar surface area (TPSA) is 68.4 Å². The highest BCUT2D eigenvalue weighted by atomic mass is 16.5. The molecule has 1 aromatic carbocycles. The van der Waals surface area contributed by atoms with E-state index in [1.54, 1.807) is 7.11 Å². The van der Waals surface area contributed by atoms with Gasteiger partial charge < -0.3 is 14.4 Å². The molecule has 2 aromatic rings. The molecule has 0 spiro atoms. The molecule has 0 radical (unpaired) electrons. The lowest BCUT2D eigenvalue weighted by Crippen LogP contribution is -2.17. The molecule has 5 nitrogen and oxygen atoms in total. The van der Waals surface area contributed by atoms with E-state index < -0.39 is 0 Å². The highest BCUT2D eigenvalue weighted by Crippen LogP contribution is 2.33. The van der Waals surface area contributed by atoms with Crippen molar-refractivity contribution in [3.8, 4) is 0 Å². The van der Waals surface area contributed by atoms with Gasteiger partial charge in [-0.2, -0.15) is 4.98 Å². The Hall–Kier alpha value is -1.72. The van der Waals surface area contributed by atoms with Gasteiger partial charge in [-0.05, 0) is 31.2 Å². The van der Waals surface area contributed by atoms with Crippen LogP contribution in [-0.4, -0.2) is 28.5 Å². The largest absolute Gasteiger partial charge is 0.393 e. The van der Waals surface area contributed by atoms with Crippen LogP contribution in [0, 0.1) is 0 Å². The van der Waals surface area contributed by atoms with Gasteiger partial charge in [0.25, 0.3) is 0 Å². The maximum atomic E-state index is 9.57. The molecule has 1 aliphatic carbocycles. The van der Waals surface area contributed by atoms with E-state index in [9.17, 15) is 5.11 Å². The Labute approximate surface area is 123 Å². The number of aliphatic hydroxyl groups is 1. The Morgan fingerprint density at radius 3 is 2.57 bits per heavy atom. The Bertz CT molecular complexity index is 562. The first-order valence-electron chi connectivity index (χ1n) is 7.37. The monoisotopic (exact) mass is 288 g/mol. The molecule has 1 aliphatic rings. The Kier molecular flexibility index (Phi) is 4.31. The van der Waals surface area contributed by atoms with Crippen LogP contribution in [0.4, 0.5) is 0 Å². The number of aromatic nitrogens is 2. The fraction of sp³-hybridized carbons (Fsp3) is 0.500. The molecule has 1 fully saturated rings. The van der Waals surface area contributed by atoms with Gasteiger partial charge in [0.2, 0.25) is 11.7 Å². The number of nitrogens with zero attached hydrogens (tertiary/aromatic N) is 2. The van der Waals surface area contributed by atoms with Crippen molar-refractivity contribution >= 4 is 0 Å². The molecule has 0 bridgehead atoms. The van der Waals surface area contributed by atoms with Gasteiger partial charge >= 0.3 is 0 Å². The second-order valence-electron chi connectivity index (χ2n) is 5.52. The molecule has 112 valence electrons. The van der Waals surface area contributed by atoms with Crippen LogP contribution in [0.25, 0.3) is 0 Å². The van der Waals surface area contributed by atoms with Gasteiger partial charge in [-0.15, -0.1) is 0 Å². The lowest BCUT2D eigenvalue weighted by Gasteiger charge is -2.22. The van der Waals surface area contributed by atoms with Crippen molar-refractivity contribution in [3.63, 3.8) is 0 Å². The van der Waals surface area contributed by atoms with E-state index in [2.05, 4.69) is 10.1 Å². The zero-order chi connectivity index (χ0) is 14.7. The third-order valence-electron chi connectivity index (χ3n) is 4.08. The van der Waals surface area contributed by atoms with Crippen LogP contribution in [0.2, 0.25) is 0 Å². The van der Waals surface area contributed by atoms with Crippen LogP contribution in [0.3, 0.4) is 0 Å². The molecule has 5 heteroatoms. The molecule has 1 N–H and O–H groups in total. The average molecular weight is 288 g/mol. The second-order valence-corrected chi connectivity index (χ2v) is 5.52. The van der Waals surface area contributed by atoms with Crippen LogP contribution in [0.5, 0.6) is 0 Å². The normalized spacial score (nSPS) is 23.9. The van der Waals surface area contributed by atoms with Crippen molar-refractivity contribution in [1.82, 2.24) is 10.1 Å². The summed E-state index contributed by atoms with van der Waals surface area (Å²) >= 11 is 0. The van der Waals surface area contributed by atoms with Crippen molar-refractivity contribution in [2.45, 2.75) is 43.8 Å². The molecule has 0 amide bonds. The van der Waals surface area contributed by atoms with E-state index in [0.717, 1.165) is 31.2 Å². The first-order valence-corrected chi connectivity index (χ1v) is 7.37. The minimum absolute atomic E-state index is 0.181. The minimum atomic E-state index is -0.308. The van der Waals surface area contributed by atoms with E-state index >= 15 is 0 Å². The molecule has 1 atom stereocenters. The number of hydrogen-bond acceptors (Lipinski definition) is 5. The summed E-state index contributed by atoms with van der Waals surface area (Å²) in [5.74, 6) is 1.47. The molecule has 1 unspecified atom stereocenters. The predicted molar refractivity (Wildman–Crippen MR) is 76.8 cm³/mol. The first kappa shape index (κ1) is 14.2. The number of aliphatic hydroxyl groups excluding tert-OH is 1. The lowest BCUT2D eigenvalue weighted by atomic mass is 9.87. The SMILES string of the molecule is COC(c1ccccc1)c1noc(C2CCC(O)CC2)n1. The van der Waals surface area contributed by atoms with Crippen molar-refractivity contribution < 1.29 is 14.4 Å². The number of benzene rings is 1. The van der Waals surface area contributed by atoms with Gasteiger partial charge in [-0.25, -0.2) is 0 Å². The predicted octanol–water partition coefficient (Wildman–Crippen LogP) is 2.82. The second kappa shape index (κ2) is 6.37. The molecule has 1 aromatic heterocycles. The minimum Gasteiger partial charge on any atom is -0.393 e. The third-order valence-corrected chi connectivity index (χ3v) is 4.08. The fourth-order valence-electron chi connectivity index (χ4n) is 2.86. The molecule has 0 aliphatic heterocycles. The summed E-state index contributed by atoms with van der Waals surface area (Å²) in [4.78, 5) is 4.52. The van der Waals surface area contributed by atoms with E-state index in [0.29, 0.717) is 11.7 Å². The summed E-state index contributed by atoms with van der Waals surface area (Å²) in [6.45, 7) is 0. The third kappa shape index (κ3) is 3.14. The summed E-state index contributed by atoms with van der Waals surface area (Å²) < 4.78 is 10.9. The Balaban J connectivity index is 1.77. The Morgan fingerprint density at radius 2 is 1.90 bits per heavy atom. The van der Waals surface area contributed by atoms with Gasteiger partial charge in [0.15, 0.2) is 0 Å². The highest BCUT2D eigenvalue weighted by molar-refractivity contribution is 5.22. The van der Waals surface area contributed by atoms with E-state index in [-0.39, 0.29) is 18.1 Å². The van der Waals surface area contributed by atoms with Crippen molar-refractivity contribution in [2.75, 3.05) is 7.11 Å². The molecular formula is C16H20N2O3. The average Bonchev–Trinajstić information content (AvgIpc) is 2.99. The van der Waals surface area contributed by atoms with E-state index in [1.807, 2.05) is 30.3 Å². The van der Waals surface area contributed by atoms with Crippen LogP contribution >= 0.6 is 0 Å². The molecule has 3 rings (SSSR count). The molecular weight excluding hydrogens is 268 g/mol. The Morgan fingerprint density at radius 1 is 1.19 bits per heavy atom. The van der Waals surface area contributed by atoms with Crippen LogP contribution in [0.15, 0.2) is 34.9 Å². The van der Waals surface area contributed by atoms with Gasteiger partial charge in [0.05, 0.1) is 6.10 Å². The molecule has 21 heavy (non-hydrogen) atoms. The lowest BCUT2D eigenvalue weighted by molar-refractivity contribution is 0.116. The first-order chi connectivity index (χ1) is 10.3. The van der Waals surface area contributed by atoms with Crippen LogP contribution in [-0.2, 0) is 4.74 Å². The smallest absolute Gasteiger partial charge is 0.229 e. The molecule has 1 saturated carbocycles. The summed E-state index contributed by atoms with van der Waals surface area (Å²) in [6, 6.07) is 9.86.